The molecule has 3 heteroatoms. The van der Waals surface area contributed by atoms with E-state index in [1.807, 2.05) is 42.5 Å². The maximum Gasteiger partial charge on any atom is 0.312 e. The summed E-state index contributed by atoms with van der Waals surface area (Å²) < 4.78 is 10.7. The van der Waals surface area contributed by atoms with Gasteiger partial charge >= 0.3 is 5.97 Å². The molecule has 93 valence electrons. The van der Waals surface area contributed by atoms with Gasteiger partial charge in [0.2, 0.25) is 6.29 Å². The van der Waals surface area contributed by atoms with Crippen LogP contribution in [0.5, 0.6) is 5.75 Å². The van der Waals surface area contributed by atoms with Crippen molar-refractivity contribution in [1.82, 2.24) is 0 Å². The number of benzene rings is 2. The molecule has 0 heterocycles. The number of rotatable bonds is 4. The van der Waals surface area contributed by atoms with Crippen LogP contribution in [0.3, 0.4) is 0 Å². The zero-order valence-corrected chi connectivity index (χ0v) is 10.4. The Kier molecular flexibility index (Phi) is 3.82. The highest BCUT2D eigenvalue weighted by Crippen LogP contribution is 2.26. The van der Waals surface area contributed by atoms with Crippen molar-refractivity contribution in [2.24, 2.45) is 0 Å². The van der Waals surface area contributed by atoms with E-state index < -0.39 is 6.29 Å². The fourth-order valence-electron chi connectivity index (χ4n) is 1.73. The summed E-state index contributed by atoms with van der Waals surface area (Å²) in [5, 5.41) is 2.10. The predicted molar refractivity (Wildman–Crippen MR) is 70.1 cm³/mol. The van der Waals surface area contributed by atoms with Gasteiger partial charge in [-0.1, -0.05) is 43.3 Å². The number of hydrogen-bond acceptors (Lipinski definition) is 3. The van der Waals surface area contributed by atoms with Crippen LogP contribution in [0.25, 0.3) is 10.8 Å². The molecule has 1 unspecified atom stereocenters. The Morgan fingerprint density at radius 3 is 2.67 bits per heavy atom. The SMILES string of the molecule is C[CH]C(=O)OC(C)Oc1cccc2ccccc12. The topological polar surface area (TPSA) is 35.5 Å². The number of fused-ring (bicyclic) bond motifs is 1. The molecule has 2 rings (SSSR count). The Bertz CT molecular complexity index is 543. The number of hydrogen-bond donors (Lipinski definition) is 0. The Morgan fingerprint density at radius 1 is 1.17 bits per heavy atom. The average Bonchev–Trinajstić information content (AvgIpc) is 2.39. The second-order valence-corrected chi connectivity index (χ2v) is 3.89. The summed E-state index contributed by atoms with van der Waals surface area (Å²) in [6, 6.07) is 13.7. The van der Waals surface area contributed by atoms with Crippen LogP contribution in [-0.2, 0) is 9.53 Å². The van der Waals surface area contributed by atoms with E-state index in [1.54, 1.807) is 13.8 Å². The average molecular weight is 243 g/mol. The summed E-state index contributed by atoms with van der Waals surface area (Å²) in [6.07, 6.45) is 0.752. The molecule has 0 aliphatic carbocycles. The van der Waals surface area contributed by atoms with E-state index in [1.165, 1.54) is 6.42 Å². The Hall–Kier alpha value is -2.03. The lowest BCUT2D eigenvalue weighted by Gasteiger charge is -2.16. The minimum atomic E-state index is -0.612. The van der Waals surface area contributed by atoms with Crippen LogP contribution in [0.2, 0.25) is 0 Å². The monoisotopic (exact) mass is 243 g/mol. The van der Waals surface area contributed by atoms with Crippen LogP contribution in [0.15, 0.2) is 42.5 Å². The fraction of sp³-hybridized carbons (Fsp3) is 0.200. The molecule has 0 aromatic heterocycles. The highest BCUT2D eigenvalue weighted by molar-refractivity contribution is 5.88. The minimum absolute atomic E-state index is 0.386. The molecule has 1 atom stereocenters. The fourth-order valence-corrected chi connectivity index (χ4v) is 1.73. The summed E-state index contributed by atoms with van der Waals surface area (Å²) in [4.78, 5) is 11.1. The van der Waals surface area contributed by atoms with Gasteiger partial charge in [-0.05, 0) is 11.5 Å². The van der Waals surface area contributed by atoms with E-state index in [-0.39, 0.29) is 5.97 Å². The van der Waals surface area contributed by atoms with Gasteiger partial charge in [0.05, 0.1) is 6.42 Å². The van der Waals surface area contributed by atoms with Gasteiger partial charge in [0.25, 0.3) is 0 Å². The summed E-state index contributed by atoms with van der Waals surface area (Å²) in [6.45, 7) is 3.33. The predicted octanol–water partition coefficient (Wildman–Crippen LogP) is 3.33. The van der Waals surface area contributed by atoms with Gasteiger partial charge in [0, 0.05) is 12.3 Å². The zero-order chi connectivity index (χ0) is 13.0. The van der Waals surface area contributed by atoms with Gasteiger partial charge in [-0.15, -0.1) is 0 Å². The van der Waals surface area contributed by atoms with Crippen molar-refractivity contribution in [2.45, 2.75) is 20.1 Å². The summed E-state index contributed by atoms with van der Waals surface area (Å²) >= 11 is 0. The molecule has 0 aliphatic heterocycles. The second-order valence-electron chi connectivity index (χ2n) is 3.89. The second kappa shape index (κ2) is 5.54. The Balaban J connectivity index is 2.19. The lowest BCUT2D eigenvalue weighted by Crippen LogP contribution is -2.20. The highest BCUT2D eigenvalue weighted by Gasteiger charge is 2.10. The van der Waals surface area contributed by atoms with E-state index in [9.17, 15) is 4.79 Å². The molecule has 0 saturated carbocycles. The summed E-state index contributed by atoms with van der Waals surface area (Å²) in [7, 11) is 0. The molecule has 18 heavy (non-hydrogen) atoms. The molecule has 0 N–H and O–H groups in total. The smallest absolute Gasteiger partial charge is 0.312 e. The van der Waals surface area contributed by atoms with E-state index in [4.69, 9.17) is 9.47 Å². The molecule has 0 aliphatic rings. The Morgan fingerprint density at radius 2 is 1.89 bits per heavy atom. The van der Waals surface area contributed by atoms with E-state index in [0.717, 1.165) is 10.8 Å². The maximum atomic E-state index is 11.1. The lowest BCUT2D eigenvalue weighted by molar-refractivity contribution is -0.156. The van der Waals surface area contributed by atoms with Crippen LogP contribution >= 0.6 is 0 Å². The molecular formula is C15H15O3. The first-order valence-corrected chi connectivity index (χ1v) is 5.85. The quantitative estimate of drug-likeness (QED) is 0.610. The molecule has 0 amide bonds. The third-order valence-electron chi connectivity index (χ3n) is 2.56. The molecule has 0 saturated heterocycles. The summed E-state index contributed by atoms with van der Waals surface area (Å²) in [5.74, 6) is 0.326. The first kappa shape index (κ1) is 12.4. The third-order valence-corrected chi connectivity index (χ3v) is 2.56. The normalized spacial score (nSPS) is 12.1. The Labute approximate surface area is 106 Å². The van der Waals surface area contributed by atoms with Crippen LogP contribution < -0.4 is 4.74 Å². The van der Waals surface area contributed by atoms with E-state index in [0.29, 0.717) is 5.75 Å². The number of carbonyl (C=O) groups excluding carboxylic acids is 1. The molecule has 0 spiro atoms. The van der Waals surface area contributed by atoms with Crippen molar-refractivity contribution < 1.29 is 14.3 Å². The molecule has 1 radical (unpaired) electrons. The first-order chi connectivity index (χ1) is 8.70. The van der Waals surface area contributed by atoms with Crippen molar-refractivity contribution in [3.05, 3.63) is 48.9 Å². The molecule has 2 aromatic carbocycles. The highest BCUT2D eigenvalue weighted by atomic mass is 16.7. The van der Waals surface area contributed by atoms with Gasteiger partial charge < -0.3 is 9.47 Å². The van der Waals surface area contributed by atoms with Crippen molar-refractivity contribution in [3.63, 3.8) is 0 Å². The molecule has 2 aromatic rings. The van der Waals surface area contributed by atoms with Crippen molar-refractivity contribution in [2.75, 3.05) is 0 Å². The first-order valence-electron chi connectivity index (χ1n) is 5.85. The van der Waals surface area contributed by atoms with E-state index in [2.05, 4.69) is 0 Å². The zero-order valence-electron chi connectivity index (χ0n) is 10.4. The largest absolute Gasteiger partial charge is 0.454 e. The van der Waals surface area contributed by atoms with Crippen LogP contribution in [0, 0.1) is 6.42 Å². The number of carbonyl (C=O) groups is 1. The van der Waals surface area contributed by atoms with Crippen LogP contribution in [0.4, 0.5) is 0 Å². The number of ether oxygens (including phenoxy) is 2. The van der Waals surface area contributed by atoms with Crippen LogP contribution in [-0.4, -0.2) is 12.3 Å². The van der Waals surface area contributed by atoms with Crippen molar-refractivity contribution >= 4 is 16.7 Å². The molecule has 0 bridgehead atoms. The van der Waals surface area contributed by atoms with Crippen molar-refractivity contribution in [3.8, 4) is 5.75 Å². The third kappa shape index (κ3) is 2.80. The molecule has 0 fully saturated rings. The standard InChI is InChI=1S/C15H15O3/c1-3-15(16)18-11(2)17-14-10-6-8-12-7-4-5-9-13(12)14/h3-11H,1-2H3. The van der Waals surface area contributed by atoms with Crippen LogP contribution in [0.1, 0.15) is 13.8 Å². The molecule has 3 nitrogen and oxygen atoms in total. The van der Waals surface area contributed by atoms with Gasteiger partial charge in [-0.25, -0.2) is 0 Å². The summed E-state index contributed by atoms with van der Waals surface area (Å²) in [5.41, 5.74) is 0. The van der Waals surface area contributed by atoms with Gasteiger partial charge in [-0.2, -0.15) is 0 Å². The number of esters is 1. The lowest BCUT2D eigenvalue weighted by atomic mass is 10.1. The van der Waals surface area contributed by atoms with Gasteiger partial charge in [0.1, 0.15) is 5.75 Å². The molecular weight excluding hydrogens is 228 g/mol. The van der Waals surface area contributed by atoms with E-state index >= 15 is 0 Å². The van der Waals surface area contributed by atoms with Gasteiger partial charge in [-0.3, -0.25) is 4.79 Å². The van der Waals surface area contributed by atoms with Crippen molar-refractivity contribution in [1.29, 1.82) is 0 Å². The maximum absolute atomic E-state index is 11.1. The minimum Gasteiger partial charge on any atom is -0.454 e. The van der Waals surface area contributed by atoms with Gasteiger partial charge in [0.15, 0.2) is 0 Å².